The number of anilines is 8. The quantitative estimate of drug-likeness (QED) is 0.117. The van der Waals surface area contributed by atoms with Crippen LogP contribution in [-0.4, -0.2) is 0 Å². The van der Waals surface area contributed by atoms with E-state index < -0.39 is 0 Å². The minimum absolute atomic E-state index is 0.823. The number of nitrogens with one attached hydrogen (secondary N) is 1. The molecule has 348 valence electrons. The highest BCUT2D eigenvalue weighted by Gasteiger charge is 2.18. The Balaban J connectivity index is 0.816. The summed E-state index contributed by atoms with van der Waals surface area (Å²) in [4.78, 5) is 7.05. The molecule has 4 nitrogen and oxygen atoms in total. The van der Waals surface area contributed by atoms with Crippen LogP contribution in [0.15, 0.2) is 302 Å². The Morgan fingerprint density at radius 3 is 1.26 bits per heavy atom. The second-order valence-electron chi connectivity index (χ2n) is 18.1. The van der Waals surface area contributed by atoms with Gasteiger partial charge in [-0.3, -0.25) is 0 Å². The number of allylic oxidation sites excluding steroid dienone is 13. The zero-order chi connectivity index (χ0) is 48.3. The van der Waals surface area contributed by atoms with E-state index in [4.69, 9.17) is 0 Å². The Labute approximate surface area is 424 Å². The minimum atomic E-state index is 0.823. The number of hydrogen-bond acceptors (Lipinski definition) is 4. The van der Waals surface area contributed by atoms with Gasteiger partial charge in [-0.05, 0) is 168 Å². The molecule has 0 unspecified atom stereocenters. The van der Waals surface area contributed by atoms with E-state index in [9.17, 15) is 0 Å². The van der Waals surface area contributed by atoms with Crippen molar-refractivity contribution < 1.29 is 0 Å². The van der Waals surface area contributed by atoms with E-state index in [1.54, 1.807) is 0 Å². The lowest BCUT2D eigenvalue weighted by molar-refractivity contribution is 0.997. The van der Waals surface area contributed by atoms with Crippen LogP contribution < -0.4 is 20.0 Å². The van der Waals surface area contributed by atoms with Crippen LogP contribution >= 0.6 is 0 Å². The van der Waals surface area contributed by atoms with Crippen molar-refractivity contribution in [3.05, 3.63) is 302 Å². The van der Waals surface area contributed by atoms with Crippen molar-refractivity contribution in [1.29, 1.82) is 0 Å². The molecule has 0 saturated carbocycles. The van der Waals surface area contributed by atoms with E-state index in [0.717, 1.165) is 88.0 Å². The van der Waals surface area contributed by atoms with Gasteiger partial charge in [-0.1, -0.05) is 170 Å². The topological polar surface area (TPSA) is 21.8 Å². The first-order chi connectivity index (χ1) is 35.7. The highest BCUT2D eigenvalue weighted by atomic mass is 15.2. The molecule has 4 heteroatoms. The summed E-state index contributed by atoms with van der Waals surface area (Å²) >= 11 is 0. The summed E-state index contributed by atoms with van der Waals surface area (Å²) < 4.78 is 0. The molecule has 3 aliphatic carbocycles. The van der Waals surface area contributed by atoms with Crippen molar-refractivity contribution in [3.8, 4) is 33.4 Å². The molecule has 0 radical (unpaired) electrons. The summed E-state index contributed by atoms with van der Waals surface area (Å²) in [6.07, 6.45) is 32.2. The lowest BCUT2D eigenvalue weighted by Gasteiger charge is -2.28. The fraction of sp³-hybridized carbons (Fsp3) is 0.0588. The van der Waals surface area contributed by atoms with Gasteiger partial charge in [-0.25, -0.2) is 0 Å². The number of rotatable bonds is 14. The maximum atomic E-state index is 3.54. The third-order valence-electron chi connectivity index (χ3n) is 13.3. The highest BCUT2D eigenvalue weighted by molar-refractivity contribution is 5.82. The molecule has 0 aromatic heterocycles. The molecule has 1 N–H and O–H groups in total. The van der Waals surface area contributed by atoms with Gasteiger partial charge >= 0.3 is 0 Å². The van der Waals surface area contributed by atoms with Gasteiger partial charge in [0.15, 0.2) is 0 Å². The first kappa shape index (κ1) is 45.3. The van der Waals surface area contributed by atoms with Crippen LogP contribution in [0.3, 0.4) is 0 Å². The van der Waals surface area contributed by atoms with Crippen molar-refractivity contribution in [2.75, 3.05) is 20.0 Å². The van der Waals surface area contributed by atoms with E-state index in [0.29, 0.717) is 0 Å². The van der Waals surface area contributed by atoms with Gasteiger partial charge in [0.25, 0.3) is 0 Å². The van der Waals surface area contributed by atoms with E-state index in [1.807, 2.05) is 0 Å². The van der Waals surface area contributed by atoms with Crippen LogP contribution in [0.2, 0.25) is 0 Å². The van der Waals surface area contributed by atoms with Gasteiger partial charge in [0.1, 0.15) is 0 Å². The van der Waals surface area contributed by atoms with Crippen LogP contribution in [0.4, 0.5) is 45.5 Å². The molecule has 0 amide bonds. The van der Waals surface area contributed by atoms with E-state index in [2.05, 4.69) is 305 Å². The molecule has 11 rings (SSSR count). The van der Waals surface area contributed by atoms with Crippen molar-refractivity contribution in [3.63, 3.8) is 0 Å². The largest absolute Gasteiger partial charge is 0.356 e. The number of para-hydroxylation sites is 2. The first-order valence-corrected chi connectivity index (χ1v) is 25.0. The fourth-order valence-electron chi connectivity index (χ4n) is 9.63. The van der Waals surface area contributed by atoms with Crippen molar-refractivity contribution >= 4 is 45.5 Å². The lowest BCUT2D eigenvalue weighted by Crippen LogP contribution is -2.16. The van der Waals surface area contributed by atoms with Crippen molar-refractivity contribution in [1.82, 2.24) is 0 Å². The Bertz CT molecular complexity index is 3350. The zero-order valence-electron chi connectivity index (χ0n) is 40.3. The summed E-state index contributed by atoms with van der Waals surface area (Å²) in [5.41, 5.74) is 19.5. The molecule has 0 fully saturated rings. The Kier molecular flexibility index (Phi) is 13.6. The van der Waals surface area contributed by atoms with Crippen LogP contribution in [-0.2, 0) is 0 Å². The Hall–Kier alpha value is -9.12. The second-order valence-corrected chi connectivity index (χ2v) is 18.1. The summed E-state index contributed by atoms with van der Waals surface area (Å²) in [6, 6.07) is 74.6. The molecule has 0 spiro atoms. The molecule has 0 heterocycles. The van der Waals surface area contributed by atoms with Crippen LogP contribution in [0, 0.1) is 0 Å². The van der Waals surface area contributed by atoms with Gasteiger partial charge < -0.3 is 20.0 Å². The maximum Gasteiger partial charge on any atom is 0.0462 e. The number of hydrogen-bond donors (Lipinski definition) is 1. The number of benzene rings is 8. The normalized spacial score (nSPS) is 13.9. The molecule has 72 heavy (non-hydrogen) atoms. The third-order valence-corrected chi connectivity index (χ3v) is 13.3. The maximum absolute atomic E-state index is 3.54. The predicted octanol–water partition coefficient (Wildman–Crippen LogP) is 18.9. The Morgan fingerprint density at radius 2 is 0.764 bits per heavy atom. The number of nitrogens with zero attached hydrogens (tertiary/aromatic N) is 3. The molecular formula is C68H56N4. The van der Waals surface area contributed by atoms with Gasteiger partial charge in [0.2, 0.25) is 0 Å². The zero-order valence-corrected chi connectivity index (χ0v) is 40.3. The van der Waals surface area contributed by atoms with Crippen LogP contribution in [0.25, 0.3) is 33.4 Å². The standard InChI is InChI=1S/C68H56N4/c1-2-9-19-58(18-8-1)69-59-40-28-52(29-41-59)53-30-44-65(45-31-53)72(63-26-16-7-17-27-63)68-50-38-57(39-51-68)56-36-48-67(49-37-56)71(62-20-10-3-4-11-21-62)66-46-34-55(35-47-66)54-32-42-64(43-33-54)70(60-22-12-5-13-23-60)61-24-14-6-15-25-61/h1-5,7-8,10-14,16-20,22-51,69H,6,9,15,21H2. The molecule has 8 aromatic carbocycles. The predicted molar refractivity (Wildman–Crippen MR) is 307 cm³/mol. The van der Waals surface area contributed by atoms with Gasteiger partial charge in [-0.15, -0.1) is 0 Å². The average molecular weight is 929 g/mol. The first-order valence-electron chi connectivity index (χ1n) is 25.0. The monoisotopic (exact) mass is 928 g/mol. The van der Waals surface area contributed by atoms with Crippen molar-refractivity contribution in [2.24, 2.45) is 0 Å². The molecule has 8 aromatic rings. The molecular weight excluding hydrogens is 873 g/mol. The third kappa shape index (κ3) is 10.4. The molecule has 0 atom stereocenters. The molecule has 0 bridgehead atoms. The van der Waals surface area contributed by atoms with Crippen LogP contribution in [0.1, 0.15) is 25.7 Å². The highest BCUT2D eigenvalue weighted by Crippen LogP contribution is 2.40. The van der Waals surface area contributed by atoms with Gasteiger partial charge in [-0.2, -0.15) is 0 Å². The van der Waals surface area contributed by atoms with Gasteiger partial charge in [0.05, 0.1) is 0 Å². The SMILES string of the molecule is C1=CC=C(N(c2ccc(-c3ccc(N(C4=CCCC=C4)c4ccccc4)cc3)cc2)c2ccc(-c3ccc(N(c4ccccc4)c4ccc(-c5ccc(NC6=CCC=CC=C6)cc5)cc4)cc3)cc2)CC=C1. The molecule has 0 saturated heterocycles. The van der Waals surface area contributed by atoms with E-state index in [1.165, 1.54) is 33.6 Å². The minimum Gasteiger partial charge on any atom is -0.356 e. The Morgan fingerprint density at radius 1 is 0.319 bits per heavy atom. The summed E-state index contributed by atoms with van der Waals surface area (Å²) in [5.74, 6) is 0. The average Bonchev–Trinajstić information content (AvgIpc) is 3.89. The lowest BCUT2D eigenvalue weighted by atomic mass is 10.0. The van der Waals surface area contributed by atoms with E-state index in [-0.39, 0.29) is 0 Å². The summed E-state index contributed by atoms with van der Waals surface area (Å²) in [6.45, 7) is 0. The summed E-state index contributed by atoms with van der Waals surface area (Å²) in [7, 11) is 0. The molecule has 0 aliphatic heterocycles. The fourth-order valence-corrected chi connectivity index (χ4v) is 9.63. The second kappa shape index (κ2) is 21.7. The smallest absolute Gasteiger partial charge is 0.0462 e. The summed E-state index contributed by atoms with van der Waals surface area (Å²) in [5, 5.41) is 3.54. The van der Waals surface area contributed by atoms with Crippen molar-refractivity contribution in [2.45, 2.75) is 25.7 Å². The molecule has 3 aliphatic rings. The van der Waals surface area contributed by atoms with Crippen LogP contribution in [0.5, 0.6) is 0 Å². The van der Waals surface area contributed by atoms with E-state index >= 15 is 0 Å². The van der Waals surface area contributed by atoms with Gasteiger partial charge in [0, 0.05) is 69.0 Å².